The van der Waals surface area contributed by atoms with E-state index in [1.165, 1.54) is 24.3 Å². The van der Waals surface area contributed by atoms with Crippen molar-refractivity contribution >= 4 is 29.8 Å². The predicted octanol–water partition coefficient (Wildman–Crippen LogP) is 4.37. The molecule has 0 heterocycles. The van der Waals surface area contributed by atoms with Crippen molar-refractivity contribution < 1.29 is 23.2 Å². The summed E-state index contributed by atoms with van der Waals surface area (Å²) in [4.78, 5) is 22.0. The fraction of sp³-hybridized carbons (Fsp3) is 0.278. The second-order valence-electron chi connectivity index (χ2n) is 5.13. The number of carbonyl (C=O) groups is 1. The Morgan fingerprint density at radius 1 is 1.21 bits per heavy atom. The monoisotopic (exact) mass is 409 g/mol. The second kappa shape index (κ2) is 12.5. The molecule has 0 fully saturated rings. The van der Waals surface area contributed by atoms with E-state index >= 15 is 0 Å². The number of nitrogens with zero attached hydrogens (tertiary/aromatic N) is 1. The van der Waals surface area contributed by atoms with Crippen LogP contribution in [0, 0.1) is 10.1 Å². The van der Waals surface area contributed by atoms with E-state index in [0.717, 1.165) is 11.1 Å². The van der Waals surface area contributed by atoms with Gasteiger partial charge in [0.25, 0.3) is 5.69 Å². The number of hydrogen-bond acceptors (Lipinski definition) is 8. The van der Waals surface area contributed by atoms with Gasteiger partial charge in [0.2, 0.25) is 12.3 Å². The number of nitro groups is 1. The molecule has 0 atom stereocenters. The number of nitrogens with one attached hydrogen (secondary N) is 1. The zero-order valence-electron chi connectivity index (χ0n) is 15.6. The highest BCUT2D eigenvalue weighted by Crippen LogP contribution is 2.22. The maximum absolute atomic E-state index is 11.9. The van der Waals surface area contributed by atoms with Crippen molar-refractivity contribution in [2.24, 2.45) is 5.73 Å². The van der Waals surface area contributed by atoms with Crippen LogP contribution >= 0.6 is 12.3 Å². The highest BCUT2D eigenvalue weighted by atomic mass is 32.2. The molecule has 2 rings (SSSR count). The lowest BCUT2D eigenvalue weighted by molar-refractivity contribution is -0.384. The van der Waals surface area contributed by atoms with Crippen molar-refractivity contribution in [3.63, 3.8) is 0 Å². The Bertz CT molecular complexity index is 770. The standard InChI is InChI=1S/C16H17N3O6S.C2H6/c17-8-7-11-9-15(25-26-23)6-1-12(11)10-24-16(20)18-13-2-4-14(5-3-13)19(21)22;1-2/h1-6,9,23H,7-8,10,17H2,(H,18,20);1-2H3. The summed E-state index contributed by atoms with van der Waals surface area (Å²) in [6.07, 6.45) is -0.139. The van der Waals surface area contributed by atoms with Crippen molar-refractivity contribution in [1.29, 1.82) is 0 Å². The van der Waals surface area contributed by atoms with Gasteiger partial charge in [-0.05, 0) is 48.4 Å². The molecule has 0 radical (unpaired) electrons. The first-order valence-electron chi connectivity index (χ1n) is 8.51. The Hall–Kier alpha value is -2.82. The number of anilines is 1. The first-order chi connectivity index (χ1) is 13.5. The molecule has 152 valence electrons. The van der Waals surface area contributed by atoms with Gasteiger partial charge in [0.1, 0.15) is 12.4 Å². The fourth-order valence-electron chi connectivity index (χ4n) is 2.19. The Morgan fingerprint density at radius 2 is 1.89 bits per heavy atom. The maximum atomic E-state index is 11.9. The van der Waals surface area contributed by atoms with Gasteiger partial charge >= 0.3 is 6.09 Å². The zero-order chi connectivity index (χ0) is 20.9. The molecule has 2 aromatic rings. The van der Waals surface area contributed by atoms with Gasteiger partial charge < -0.3 is 14.7 Å². The summed E-state index contributed by atoms with van der Waals surface area (Å²) < 4.78 is 18.8. The van der Waals surface area contributed by atoms with Crippen LogP contribution in [0.5, 0.6) is 5.75 Å². The highest BCUT2D eigenvalue weighted by molar-refractivity contribution is 7.89. The van der Waals surface area contributed by atoms with Gasteiger partial charge in [0.15, 0.2) is 0 Å². The number of ether oxygens (including phenoxy) is 1. The fourth-order valence-corrected chi connectivity index (χ4v) is 2.38. The van der Waals surface area contributed by atoms with Gasteiger partial charge in [-0.3, -0.25) is 20.0 Å². The van der Waals surface area contributed by atoms with Gasteiger partial charge in [-0.1, -0.05) is 19.9 Å². The van der Waals surface area contributed by atoms with Gasteiger partial charge in [-0.2, -0.15) is 0 Å². The number of non-ortho nitro benzene ring substituents is 1. The van der Waals surface area contributed by atoms with Gasteiger partial charge in [-0.15, -0.1) is 0 Å². The molecule has 1 amide bonds. The van der Waals surface area contributed by atoms with E-state index in [-0.39, 0.29) is 24.6 Å². The van der Waals surface area contributed by atoms with Crippen LogP contribution in [0.2, 0.25) is 0 Å². The van der Waals surface area contributed by atoms with Crippen LogP contribution in [-0.4, -0.2) is 22.1 Å². The van der Waals surface area contributed by atoms with Crippen LogP contribution < -0.4 is 15.2 Å². The number of amides is 1. The first kappa shape index (κ1) is 23.2. The molecule has 0 bridgehead atoms. The van der Waals surface area contributed by atoms with Gasteiger partial charge in [0, 0.05) is 17.8 Å². The van der Waals surface area contributed by atoms with E-state index in [9.17, 15) is 14.9 Å². The largest absolute Gasteiger partial charge is 0.444 e. The van der Waals surface area contributed by atoms with Crippen molar-refractivity contribution in [1.82, 2.24) is 0 Å². The van der Waals surface area contributed by atoms with E-state index in [0.29, 0.717) is 24.4 Å². The number of rotatable bonds is 8. The van der Waals surface area contributed by atoms with E-state index in [1.54, 1.807) is 18.2 Å². The highest BCUT2D eigenvalue weighted by Gasteiger charge is 2.10. The molecule has 9 nitrogen and oxygen atoms in total. The van der Waals surface area contributed by atoms with Gasteiger partial charge in [0.05, 0.1) is 4.92 Å². The van der Waals surface area contributed by atoms with E-state index in [1.807, 2.05) is 13.8 Å². The first-order valence-corrected chi connectivity index (χ1v) is 9.21. The summed E-state index contributed by atoms with van der Waals surface area (Å²) >= 11 is 0.241. The topological polar surface area (TPSA) is 137 Å². The number of carbonyl (C=O) groups excluding carboxylic acids is 1. The van der Waals surface area contributed by atoms with Gasteiger partial charge in [-0.25, -0.2) is 4.79 Å². The molecule has 0 aliphatic heterocycles. The molecule has 4 N–H and O–H groups in total. The molecule has 0 aliphatic rings. The van der Waals surface area contributed by atoms with E-state index in [4.69, 9.17) is 19.2 Å². The van der Waals surface area contributed by atoms with E-state index in [2.05, 4.69) is 5.32 Å². The number of nitro benzene ring substituents is 1. The lowest BCUT2D eigenvalue weighted by atomic mass is 10.0. The lowest BCUT2D eigenvalue weighted by Gasteiger charge is -2.12. The van der Waals surface area contributed by atoms with Crippen LogP contribution in [-0.2, 0) is 17.8 Å². The van der Waals surface area contributed by atoms with Crippen LogP contribution in [0.15, 0.2) is 42.5 Å². The normalized spacial score (nSPS) is 9.71. The Morgan fingerprint density at radius 3 is 2.46 bits per heavy atom. The molecule has 0 saturated carbocycles. The predicted molar refractivity (Wildman–Crippen MR) is 108 cm³/mol. The Labute approximate surface area is 167 Å². The average molecular weight is 409 g/mol. The molecule has 0 saturated heterocycles. The smallest absolute Gasteiger partial charge is 0.411 e. The third-order valence-corrected chi connectivity index (χ3v) is 3.68. The van der Waals surface area contributed by atoms with Crippen LogP contribution in [0.1, 0.15) is 25.0 Å². The van der Waals surface area contributed by atoms with Crippen LogP contribution in [0.25, 0.3) is 0 Å². The minimum Gasteiger partial charge on any atom is -0.444 e. The molecule has 0 unspecified atom stereocenters. The van der Waals surface area contributed by atoms with Crippen molar-refractivity contribution in [3.05, 3.63) is 63.7 Å². The van der Waals surface area contributed by atoms with Crippen molar-refractivity contribution in [2.75, 3.05) is 11.9 Å². The second-order valence-corrected chi connectivity index (χ2v) is 5.45. The third kappa shape index (κ3) is 7.43. The average Bonchev–Trinajstić information content (AvgIpc) is 2.70. The lowest BCUT2D eigenvalue weighted by Crippen LogP contribution is -2.14. The summed E-state index contributed by atoms with van der Waals surface area (Å²) in [5.74, 6) is 0.458. The molecule has 28 heavy (non-hydrogen) atoms. The zero-order valence-corrected chi connectivity index (χ0v) is 16.4. The summed E-state index contributed by atoms with van der Waals surface area (Å²) in [6, 6.07) is 10.5. The minimum absolute atomic E-state index is 0.0146. The Balaban J connectivity index is 0.00000190. The van der Waals surface area contributed by atoms with E-state index < -0.39 is 11.0 Å². The SMILES string of the molecule is CC.NCCc1cc(OSO)ccc1COC(=O)Nc1ccc([N+](=O)[O-])cc1. The molecule has 0 spiro atoms. The molecule has 10 heteroatoms. The molecule has 0 aliphatic carbocycles. The summed E-state index contributed by atoms with van der Waals surface area (Å²) in [5, 5.41) is 13.1. The number of hydrogen-bond donors (Lipinski definition) is 3. The minimum atomic E-state index is -0.691. The summed E-state index contributed by atoms with van der Waals surface area (Å²) in [5.41, 5.74) is 7.48. The molecular formula is C18H23N3O6S. The third-order valence-electron chi connectivity index (χ3n) is 3.41. The van der Waals surface area contributed by atoms with Crippen molar-refractivity contribution in [3.8, 4) is 5.75 Å². The van der Waals surface area contributed by atoms with Crippen molar-refractivity contribution in [2.45, 2.75) is 26.9 Å². The molecule has 0 aromatic heterocycles. The number of nitrogens with two attached hydrogens (primary N) is 1. The van der Waals surface area contributed by atoms with Crippen LogP contribution in [0.4, 0.5) is 16.2 Å². The Kier molecular flexibility index (Phi) is 10.4. The summed E-state index contributed by atoms with van der Waals surface area (Å²) in [6.45, 7) is 4.42. The van der Waals surface area contributed by atoms with Crippen LogP contribution in [0.3, 0.4) is 0 Å². The molecular weight excluding hydrogens is 386 g/mol. The molecule has 2 aromatic carbocycles. The quantitative estimate of drug-likeness (QED) is 0.332. The number of benzene rings is 2. The maximum Gasteiger partial charge on any atom is 0.411 e. The summed E-state index contributed by atoms with van der Waals surface area (Å²) in [7, 11) is 0.